The fourth-order valence-corrected chi connectivity index (χ4v) is 3.98. The highest BCUT2D eigenvalue weighted by Crippen LogP contribution is 2.21. The summed E-state index contributed by atoms with van der Waals surface area (Å²) in [6.45, 7) is 4.62. The van der Waals surface area contributed by atoms with Crippen molar-refractivity contribution in [3.8, 4) is 5.69 Å². The lowest BCUT2D eigenvalue weighted by Gasteiger charge is -2.29. The third-order valence-corrected chi connectivity index (χ3v) is 5.74. The van der Waals surface area contributed by atoms with Crippen LogP contribution in [0.3, 0.4) is 0 Å². The van der Waals surface area contributed by atoms with Gasteiger partial charge in [-0.1, -0.05) is 12.1 Å². The quantitative estimate of drug-likeness (QED) is 0.623. The zero-order valence-corrected chi connectivity index (χ0v) is 17.5. The average Bonchev–Trinajstić information content (AvgIpc) is 3.16. The van der Waals surface area contributed by atoms with Crippen molar-refractivity contribution in [1.82, 2.24) is 14.7 Å². The van der Waals surface area contributed by atoms with Gasteiger partial charge in [-0.2, -0.15) is 5.10 Å². The Bertz CT molecular complexity index is 1000. The highest BCUT2D eigenvalue weighted by atomic mass is 19.1. The van der Waals surface area contributed by atoms with E-state index in [0.29, 0.717) is 12.1 Å². The molecule has 2 heterocycles. The predicted molar refractivity (Wildman–Crippen MR) is 117 cm³/mol. The van der Waals surface area contributed by atoms with E-state index >= 15 is 0 Å². The lowest BCUT2D eigenvalue weighted by Crippen LogP contribution is -2.29. The summed E-state index contributed by atoms with van der Waals surface area (Å²) in [6, 6.07) is 14.6. The molecular formula is C24H27FN4O. The van der Waals surface area contributed by atoms with Crippen LogP contribution in [0.15, 0.2) is 54.7 Å². The van der Waals surface area contributed by atoms with Gasteiger partial charge in [-0.05, 0) is 68.1 Å². The van der Waals surface area contributed by atoms with E-state index in [1.165, 1.54) is 37.1 Å². The number of anilines is 1. The van der Waals surface area contributed by atoms with E-state index in [1.54, 1.807) is 35.0 Å². The summed E-state index contributed by atoms with van der Waals surface area (Å²) in [5, 5.41) is 4.33. The summed E-state index contributed by atoms with van der Waals surface area (Å²) in [6.07, 6.45) is 5.41. The largest absolute Gasteiger partial charge is 0.372 e. The lowest BCUT2D eigenvalue weighted by molar-refractivity contribution is 0.0784. The summed E-state index contributed by atoms with van der Waals surface area (Å²) in [5.74, 6) is -0.383. The van der Waals surface area contributed by atoms with Gasteiger partial charge in [0.25, 0.3) is 5.91 Å². The monoisotopic (exact) mass is 406 g/mol. The molecule has 1 aliphatic rings. The number of halogens is 1. The van der Waals surface area contributed by atoms with Crippen LogP contribution in [0.1, 0.15) is 40.9 Å². The summed E-state index contributed by atoms with van der Waals surface area (Å²) >= 11 is 0. The number of amides is 1. The van der Waals surface area contributed by atoms with Crippen molar-refractivity contribution < 1.29 is 9.18 Å². The predicted octanol–water partition coefficient (Wildman–Crippen LogP) is 4.58. The van der Waals surface area contributed by atoms with E-state index in [-0.39, 0.29) is 11.7 Å². The Morgan fingerprint density at radius 1 is 1.00 bits per heavy atom. The third-order valence-electron chi connectivity index (χ3n) is 5.74. The molecule has 3 aromatic rings. The topological polar surface area (TPSA) is 41.4 Å². The molecule has 6 heteroatoms. The number of carbonyl (C=O) groups excluding carboxylic acids is 1. The van der Waals surface area contributed by atoms with Gasteiger partial charge in [0.05, 0.1) is 23.1 Å². The number of hydrogen-bond donors (Lipinski definition) is 0. The Morgan fingerprint density at radius 3 is 2.30 bits per heavy atom. The van der Waals surface area contributed by atoms with Crippen molar-refractivity contribution in [3.05, 3.63) is 77.4 Å². The summed E-state index contributed by atoms with van der Waals surface area (Å²) < 4.78 is 14.8. The van der Waals surface area contributed by atoms with Crippen LogP contribution in [-0.2, 0) is 6.54 Å². The Hall–Kier alpha value is -3.15. The first-order valence-corrected chi connectivity index (χ1v) is 10.4. The van der Waals surface area contributed by atoms with Gasteiger partial charge in [-0.25, -0.2) is 9.07 Å². The van der Waals surface area contributed by atoms with Crippen LogP contribution >= 0.6 is 0 Å². The maximum Gasteiger partial charge on any atom is 0.257 e. The Balaban J connectivity index is 1.44. The van der Waals surface area contributed by atoms with Gasteiger partial charge in [0.15, 0.2) is 0 Å². The van der Waals surface area contributed by atoms with E-state index in [2.05, 4.69) is 34.3 Å². The maximum atomic E-state index is 13.2. The molecule has 0 radical (unpaired) electrons. The van der Waals surface area contributed by atoms with Gasteiger partial charge in [-0.3, -0.25) is 4.79 Å². The molecule has 156 valence electrons. The number of aromatic nitrogens is 2. The molecule has 0 unspecified atom stereocenters. The van der Waals surface area contributed by atoms with Crippen molar-refractivity contribution in [2.45, 2.75) is 32.7 Å². The molecule has 0 spiro atoms. The van der Waals surface area contributed by atoms with Crippen LogP contribution in [-0.4, -0.2) is 40.7 Å². The van der Waals surface area contributed by atoms with Crippen LogP contribution < -0.4 is 4.90 Å². The van der Waals surface area contributed by atoms with Crippen LogP contribution in [0.4, 0.5) is 10.1 Å². The van der Waals surface area contributed by atoms with Gasteiger partial charge >= 0.3 is 0 Å². The van der Waals surface area contributed by atoms with Crippen molar-refractivity contribution in [2.75, 3.05) is 25.0 Å². The van der Waals surface area contributed by atoms with E-state index < -0.39 is 0 Å². The molecule has 1 aliphatic heterocycles. The van der Waals surface area contributed by atoms with Gasteiger partial charge in [-0.15, -0.1) is 0 Å². The second kappa shape index (κ2) is 8.69. The molecule has 0 bridgehead atoms. The molecule has 0 aliphatic carbocycles. The molecule has 30 heavy (non-hydrogen) atoms. The molecule has 1 saturated heterocycles. The maximum absolute atomic E-state index is 13.2. The molecule has 0 saturated carbocycles. The molecular weight excluding hydrogens is 379 g/mol. The first kappa shape index (κ1) is 20.1. The molecule has 1 aromatic heterocycles. The Kier molecular flexibility index (Phi) is 5.84. The lowest BCUT2D eigenvalue weighted by atomic mass is 10.1. The van der Waals surface area contributed by atoms with Crippen molar-refractivity contribution in [3.63, 3.8) is 0 Å². The van der Waals surface area contributed by atoms with Crippen LogP contribution in [0.2, 0.25) is 0 Å². The fourth-order valence-electron chi connectivity index (χ4n) is 3.98. The molecule has 1 amide bonds. The average molecular weight is 407 g/mol. The van der Waals surface area contributed by atoms with Gasteiger partial charge in [0.2, 0.25) is 0 Å². The number of benzene rings is 2. The zero-order valence-electron chi connectivity index (χ0n) is 17.5. The number of rotatable bonds is 5. The number of hydrogen-bond acceptors (Lipinski definition) is 3. The van der Waals surface area contributed by atoms with Crippen molar-refractivity contribution in [1.29, 1.82) is 0 Å². The summed E-state index contributed by atoms with van der Waals surface area (Å²) in [5.41, 5.74) is 4.36. The van der Waals surface area contributed by atoms with E-state index in [9.17, 15) is 9.18 Å². The van der Waals surface area contributed by atoms with Crippen molar-refractivity contribution in [2.24, 2.45) is 0 Å². The number of carbonyl (C=O) groups is 1. The van der Waals surface area contributed by atoms with Gasteiger partial charge in [0.1, 0.15) is 5.82 Å². The molecule has 2 aromatic carbocycles. The Labute approximate surface area is 176 Å². The smallest absolute Gasteiger partial charge is 0.257 e. The standard InChI is InChI=1S/C24H27FN4O/c1-18-23(16-26-29(18)22-12-8-20(25)9-13-22)24(30)27(2)17-19-6-10-21(11-7-19)28-14-4-3-5-15-28/h6-13,16H,3-5,14-15,17H2,1-2H3. The molecule has 0 atom stereocenters. The highest BCUT2D eigenvalue weighted by Gasteiger charge is 2.19. The molecule has 4 rings (SSSR count). The van der Waals surface area contributed by atoms with E-state index in [1.807, 2.05) is 6.92 Å². The van der Waals surface area contributed by atoms with Gasteiger partial charge in [0, 0.05) is 32.4 Å². The first-order chi connectivity index (χ1) is 14.5. The normalized spacial score (nSPS) is 14.0. The second-order valence-corrected chi connectivity index (χ2v) is 7.91. The molecule has 0 N–H and O–H groups in total. The van der Waals surface area contributed by atoms with E-state index in [4.69, 9.17) is 0 Å². The fraction of sp³-hybridized carbons (Fsp3) is 0.333. The van der Waals surface area contributed by atoms with Crippen LogP contribution in [0.5, 0.6) is 0 Å². The van der Waals surface area contributed by atoms with Crippen molar-refractivity contribution >= 4 is 11.6 Å². The summed E-state index contributed by atoms with van der Waals surface area (Å²) in [7, 11) is 1.80. The van der Waals surface area contributed by atoms with Crippen LogP contribution in [0.25, 0.3) is 5.69 Å². The third kappa shape index (κ3) is 4.22. The SMILES string of the molecule is Cc1c(C(=O)N(C)Cc2ccc(N3CCCCC3)cc2)cnn1-c1ccc(F)cc1. The first-order valence-electron chi connectivity index (χ1n) is 10.4. The van der Waals surface area contributed by atoms with Gasteiger partial charge < -0.3 is 9.80 Å². The zero-order chi connectivity index (χ0) is 21.1. The number of nitrogens with zero attached hydrogens (tertiary/aromatic N) is 4. The minimum absolute atomic E-state index is 0.0824. The highest BCUT2D eigenvalue weighted by molar-refractivity contribution is 5.95. The van der Waals surface area contributed by atoms with Crippen LogP contribution in [0, 0.1) is 12.7 Å². The second-order valence-electron chi connectivity index (χ2n) is 7.91. The minimum atomic E-state index is -0.300. The summed E-state index contributed by atoms with van der Waals surface area (Å²) in [4.78, 5) is 17.1. The molecule has 5 nitrogen and oxygen atoms in total. The Morgan fingerprint density at radius 2 is 1.63 bits per heavy atom. The minimum Gasteiger partial charge on any atom is -0.372 e. The molecule has 1 fully saturated rings. The number of piperidine rings is 1. The van der Waals surface area contributed by atoms with E-state index in [0.717, 1.165) is 30.0 Å².